The Balaban J connectivity index is 1.99. The Morgan fingerprint density at radius 2 is 2.04 bits per heavy atom. The molecule has 120 valence electrons. The maximum absolute atomic E-state index is 12.1. The predicted molar refractivity (Wildman–Crippen MR) is 90.7 cm³/mol. The molecule has 0 bridgehead atoms. The summed E-state index contributed by atoms with van der Waals surface area (Å²) in [4.78, 5) is 16.6. The van der Waals surface area contributed by atoms with Crippen molar-refractivity contribution in [1.29, 1.82) is 0 Å². The summed E-state index contributed by atoms with van der Waals surface area (Å²) in [5.74, 6) is 1.25. The molecule has 0 saturated carbocycles. The van der Waals surface area contributed by atoms with Crippen molar-refractivity contribution in [3.8, 4) is 11.5 Å². The van der Waals surface area contributed by atoms with Gasteiger partial charge in [-0.05, 0) is 13.0 Å². The second-order valence-corrected chi connectivity index (χ2v) is 6.67. The quantitative estimate of drug-likeness (QED) is 0.884. The van der Waals surface area contributed by atoms with Crippen LogP contribution in [0, 0.1) is 6.92 Å². The van der Waals surface area contributed by atoms with Crippen molar-refractivity contribution in [2.75, 3.05) is 12.3 Å². The first-order valence-corrected chi connectivity index (χ1v) is 8.38. The fraction of sp³-hybridized carbons (Fsp3) is 0.294. The van der Waals surface area contributed by atoms with Gasteiger partial charge in [-0.1, -0.05) is 18.2 Å². The van der Waals surface area contributed by atoms with Gasteiger partial charge in [0, 0.05) is 35.6 Å². The molecule has 3 rings (SSSR count). The maximum Gasteiger partial charge on any atom is 0.348 e. The van der Waals surface area contributed by atoms with E-state index < -0.39 is 5.63 Å². The molecule has 1 aliphatic heterocycles. The van der Waals surface area contributed by atoms with E-state index in [4.69, 9.17) is 4.42 Å². The normalized spacial score (nSPS) is 18.3. The van der Waals surface area contributed by atoms with Gasteiger partial charge in [0.05, 0.1) is 5.71 Å². The average molecular weight is 331 g/mol. The van der Waals surface area contributed by atoms with Gasteiger partial charge in [0.15, 0.2) is 0 Å². The fourth-order valence-corrected chi connectivity index (χ4v) is 3.81. The average Bonchev–Trinajstić information content (AvgIpc) is 2.73. The number of para-hydroxylation sites is 1. The minimum absolute atomic E-state index is 0.0300. The van der Waals surface area contributed by atoms with E-state index in [-0.39, 0.29) is 22.3 Å². The number of hydrogen-bond acceptors (Lipinski definition) is 6. The molecule has 0 fully saturated rings. The third-order valence-corrected chi connectivity index (χ3v) is 4.96. The molecule has 1 aliphatic rings. The van der Waals surface area contributed by atoms with E-state index in [0.717, 1.165) is 11.3 Å². The lowest BCUT2D eigenvalue weighted by molar-refractivity contribution is 0.432. The van der Waals surface area contributed by atoms with Gasteiger partial charge in [-0.3, -0.25) is 4.99 Å². The number of hydrogen-bond donors (Lipinski definition) is 2. The van der Waals surface area contributed by atoms with Crippen LogP contribution in [0.3, 0.4) is 0 Å². The van der Waals surface area contributed by atoms with Crippen LogP contribution in [0.25, 0.3) is 0 Å². The van der Waals surface area contributed by atoms with Crippen LogP contribution < -0.4 is 5.63 Å². The third kappa shape index (κ3) is 3.27. The van der Waals surface area contributed by atoms with Gasteiger partial charge in [-0.15, -0.1) is 0 Å². The van der Waals surface area contributed by atoms with E-state index in [1.165, 1.54) is 6.07 Å². The Bertz CT molecular complexity index is 812. The van der Waals surface area contributed by atoms with E-state index in [0.29, 0.717) is 24.4 Å². The van der Waals surface area contributed by atoms with Crippen LogP contribution in [0.15, 0.2) is 44.5 Å². The molecule has 1 aromatic heterocycles. The van der Waals surface area contributed by atoms with Gasteiger partial charge in [0.1, 0.15) is 22.8 Å². The first-order valence-electron chi connectivity index (χ1n) is 7.33. The third-order valence-electron chi connectivity index (χ3n) is 3.72. The summed E-state index contributed by atoms with van der Waals surface area (Å²) >= 11 is 1.68. The zero-order chi connectivity index (χ0) is 16.4. The molecule has 0 spiro atoms. The smallest absolute Gasteiger partial charge is 0.348 e. The molecule has 2 heterocycles. The Hall–Kier alpha value is -2.21. The fourth-order valence-electron chi connectivity index (χ4n) is 2.68. The number of nitrogens with zero attached hydrogens (tertiary/aromatic N) is 1. The molecule has 0 saturated heterocycles. The summed E-state index contributed by atoms with van der Waals surface area (Å²) < 4.78 is 5.10. The lowest BCUT2D eigenvalue weighted by Crippen LogP contribution is -2.17. The van der Waals surface area contributed by atoms with Gasteiger partial charge < -0.3 is 14.6 Å². The first-order chi connectivity index (χ1) is 11.1. The summed E-state index contributed by atoms with van der Waals surface area (Å²) in [5, 5.41) is 20.2. The summed E-state index contributed by atoms with van der Waals surface area (Å²) in [6.45, 7) is 2.16. The molecule has 5 nitrogen and oxygen atoms in total. The molecule has 1 aromatic carbocycles. The van der Waals surface area contributed by atoms with Gasteiger partial charge >= 0.3 is 5.63 Å². The topological polar surface area (TPSA) is 83.0 Å². The Morgan fingerprint density at radius 3 is 2.78 bits per heavy atom. The second kappa shape index (κ2) is 6.50. The van der Waals surface area contributed by atoms with Crippen LogP contribution >= 0.6 is 11.8 Å². The van der Waals surface area contributed by atoms with Crippen molar-refractivity contribution in [1.82, 2.24) is 0 Å². The molecule has 6 heteroatoms. The van der Waals surface area contributed by atoms with E-state index >= 15 is 0 Å². The maximum atomic E-state index is 12.1. The highest BCUT2D eigenvalue weighted by molar-refractivity contribution is 7.99. The van der Waals surface area contributed by atoms with Crippen molar-refractivity contribution in [3.05, 3.63) is 57.6 Å². The van der Waals surface area contributed by atoms with Gasteiger partial charge in [0.2, 0.25) is 0 Å². The first kappa shape index (κ1) is 15.7. The molecule has 0 aliphatic carbocycles. The van der Waals surface area contributed by atoms with Crippen LogP contribution in [0.5, 0.6) is 11.5 Å². The second-order valence-electron chi connectivity index (χ2n) is 5.36. The molecule has 2 aromatic rings. The Labute approximate surface area is 137 Å². The molecule has 23 heavy (non-hydrogen) atoms. The van der Waals surface area contributed by atoms with E-state index in [1.807, 2.05) is 12.1 Å². The van der Waals surface area contributed by atoms with Crippen LogP contribution in [-0.4, -0.2) is 28.2 Å². The number of phenols is 1. The zero-order valence-corrected chi connectivity index (χ0v) is 13.5. The molecule has 2 N–H and O–H groups in total. The summed E-state index contributed by atoms with van der Waals surface area (Å²) in [6, 6.07) is 8.58. The molecular formula is C17H17NO4S. The number of benzene rings is 1. The summed E-state index contributed by atoms with van der Waals surface area (Å²) in [7, 11) is 0. The zero-order valence-electron chi connectivity index (χ0n) is 12.7. The van der Waals surface area contributed by atoms with Crippen LogP contribution in [-0.2, 0) is 0 Å². The number of rotatable bonds is 2. The highest BCUT2D eigenvalue weighted by Gasteiger charge is 2.25. The highest BCUT2D eigenvalue weighted by Crippen LogP contribution is 2.39. The minimum atomic E-state index is -0.579. The molecular weight excluding hydrogens is 314 g/mol. The Kier molecular flexibility index (Phi) is 4.43. The number of phenolic OH excluding ortho intramolecular Hbond substituents is 1. The lowest BCUT2D eigenvalue weighted by Gasteiger charge is -2.16. The number of aryl methyl sites for hydroxylation is 1. The monoisotopic (exact) mass is 331 g/mol. The van der Waals surface area contributed by atoms with E-state index in [2.05, 4.69) is 4.99 Å². The number of thioether (sulfide) groups is 1. The SMILES string of the molecule is Cc1cc(O)c(C2=NCCS[C@H](c3ccccc3O)C2)c(=O)o1. The largest absolute Gasteiger partial charge is 0.508 e. The summed E-state index contributed by atoms with van der Waals surface area (Å²) in [6.07, 6.45) is 0.448. The number of aromatic hydroxyl groups is 2. The minimum Gasteiger partial charge on any atom is -0.508 e. The lowest BCUT2D eigenvalue weighted by atomic mass is 10.0. The molecule has 0 radical (unpaired) electrons. The Morgan fingerprint density at radius 1 is 1.26 bits per heavy atom. The van der Waals surface area contributed by atoms with Crippen molar-refractivity contribution in [3.63, 3.8) is 0 Å². The van der Waals surface area contributed by atoms with Crippen molar-refractivity contribution >= 4 is 17.5 Å². The van der Waals surface area contributed by atoms with Crippen LogP contribution in [0.4, 0.5) is 0 Å². The standard InChI is InChI=1S/C17H17NO4S/c1-10-8-14(20)16(17(21)22-10)12-9-15(23-7-6-18-12)11-4-2-3-5-13(11)19/h2-5,8,15,19-20H,6-7,9H2,1H3/t15-/m0/s1. The van der Waals surface area contributed by atoms with E-state index in [1.54, 1.807) is 30.8 Å². The van der Waals surface area contributed by atoms with Gasteiger partial charge in [-0.25, -0.2) is 4.79 Å². The van der Waals surface area contributed by atoms with Crippen molar-refractivity contribution < 1.29 is 14.6 Å². The number of aliphatic imine (C=N–C) groups is 1. The molecule has 0 amide bonds. The highest BCUT2D eigenvalue weighted by atomic mass is 32.2. The predicted octanol–water partition coefficient (Wildman–Crippen LogP) is 3.03. The van der Waals surface area contributed by atoms with E-state index in [9.17, 15) is 15.0 Å². The summed E-state index contributed by atoms with van der Waals surface area (Å²) in [5.41, 5.74) is 0.875. The van der Waals surface area contributed by atoms with Gasteiger partial charge in [-0.2, -0.15) is 11.8 Å². The van der Waals surface area contributed by atoms with Crippen LogP contribution in [0.2, 0.25) is 0 Å². The molecule has 0 unspecified atom stereocenters. The van der Waals surface area contributed by atoms with Crippen molar-refractivity contribution in [2.45, 2.75) is 18.6 Å². The van der Waals surface area contributed by atoms with Gasteiger partial charge in [0.25, 0.3) is 0 Å². The van der Waals surface area contributed by atoms with Crippen molar-refractivity contribution in [2.24, 2.45) is 4.99 Å². The molecule has 1 atom stereocenters. The van der Waals surface area contributed by atoms with Crippen LogP contribution in [0.1, 0.15) is 28.6 Å².